The van der Waals surface area contributed by atoms with Gasteiger partial charge in [0.1, 0.15) is 5.69 Å². The first-order valence-corrected chi connectivity index (χ1v) is 5.67. The molecule has 1 rings (SSSR count). The molecule has 0 aliphatic rings. The summed E-state index contributed by atoms with van der Waals surface area (Å²) in [4.78, 5) is 10.4. The van der Waals surface area contributed by atoms with E-state index in [1.807, 2.05) is 0 Å². The highest BCUT2D eigenvalue weighted by molar-refractivity contribution is 5.67. The van der Waals surface area contributed by atoms with Crippen molar-refractivity contribution in [2.45, 2.75) is 0 Å². The van der Waals surface area contributed by atoms with Crippen molar-refractivity contribution in [3.63, 3.8) is 0 Å². The van der Waals surface area contributed by atoms with Crippen LogP contribution in [-0.2, 0) is 0 Å². The molecule has 0 fully saturated rings. The highest BCUT2D eigenvalue weighted by Crippen LogP contribution is 2.26. The second-order valence-corrected chi connectivity index (χ2v) is 3.54. The predicted octanol–water partition coefficient (Wildman–Crippen LogP) is -0.588. The SMILES string of the molecule is O=[N+]([O-])c1cc(NNCCO)ccc1NNCCO. The number of rotatable bonds is 9. The van der Waals surface area contributed by atoms with Gasteiger partial charge in [-0.15, -0.1) is 0 Å². The summed E-state index contributed by atoms with van der Waals surface area (Å²) >= 11 is 0. The fourth-order valence-electron chi connectivity index (χ4n) is 1.30. The molecule has 0 amide bonds. The lowest BCUT2D eigenvalue weighted by atomic mass is 10.2. The Bertz CT molecular complexity index is 415. The Kier molecular flexibility index (Phi) is 6.53. The Labute approximate surface area is 109 Å². The maximum absolute atomic E-state index is 10.9. The zero-order valence-corrected chi connectivity index (χ0v) is 10.2. The molecule has 0 saturated heterocycles. The van der Waals surface area contributed by atoms with Crippen LogP contribution in [0.15, 0.2) is 18.2 Å². The average Bonchev–Trinajstić information content (AvgIpc) is 2.40. The summed E-state index contributed by atoms with van der Waals surface area (Å²) in [5.74, 6) is 0. The lowest BCUT2D eigenvalue weighted by Gasteiger charge is -2.10. The average molecular weight is 271 g/mol. The van der Waals surface area contributed by atoms with E-state index in [9.17, 15) is 10.1 Å². The molecular formula is C10H17N5O4. The Morgan fingerprint density at radius 2 is 1.74 bits per heavy atom. The number of benzene rings is 1. The van der Waals surface area contributed by atoms with Crippen molar-refractivity contribution in [2.75, 3.05) is 37.2 Å². The Hall–Kier alpha value is -1.94. The van der Waals surface area contributed by atoms with Crippen molar-refractivity contribution < 1.29 is 15.1 Å². The molecule has 0 bridgehead atoms. The quantitative estimate of drug-likeness (QED) is 0.199. The van der Waals surface area contributed by atoms with Gasteiger partial charge in [0.05, 0.1) is 23.8 Å². The maximum Gasteiger partial charge on any atom is 0.295 e. The Morgan fingerprint density at radius 3 is 2.32 bits per heavy atom. The van der Waals surface area contributed by atoms with E-state index < -0.39 is 4.92 Å². The monoisotopic (exact) mass is 271 g/mol. The van der Waals surface area contributed by atoms with Gasteiger partial charge >= 0.3 is 0 Å². The van der Waals surface area contributed by atoms with E-state index in [2.05, 4.69) is 21.7 Å². The van der Waals surface area contributed by atoms with E-state index in [0.29, 0.717) is 17.9 Å². The standard InChI is InChI=1S/C10H17N5O4/c16-5-3-11-13-8-1-2-9(14-12-4-6-17)10(7-8)15(18)19/h1-2,7,11-14,16-17H,3-6H2. The van der Waals surface area contributed by atoms with Gasteiger partial charge in [0, 0.05) is 19.2 Å². The molecule has 0 aliphatic heterocycles. The van der Waals surface area contributed by atoms with Gasteiger partial charge in [-0.05, 0) is 12.1 Å². The van der Waals surface area contributed by atoms with Crippen molar-refractivity contribution >= 4 is 17.1 Å². The lowest BCUT2D eigenvalue weighted by molar-refractivity contribution is -0.383. The Balaban J connectivity index is 2.73. The van der Waals surface area contributed by atoms with Crippen LogP contribution in [0.4, 0.5) is 17.1 Å². The largest absolute Gasteiger partial charge is 0.395 e. The second-order valence-electron chi connectivity index (χ2n) is 3.54. The molecule has 6 N–H and O–H groups in total. The minimum absolute atomic E-state index is 0.0419. The summed E-state index contributed by atoms with van der Waals surface area (Å²) in [6.45, 7) is 0.479. The Morgan fingerprint density at radius 1 is 1.11 bits per heavy atom. The third kappa shape index (κ3) is 5.06. The molecular weight excluding hydrogens is 254 g/mol. The van der Waals surface area contributed by atoms with Crippen molar-refractivity contribution in [2.24, 2.45) is 0 Å². The number of nitrogens with one attached hydrogen (secondary N) is 4. The number of aliphatic hydroxyl groups is 2. The van der Waals surface area contributed by atoms with Gasteiger partial charge in [-0.3, -0.25) is 10.1 Å². The van der Waals surface area contributed by atoms with Gasteiger partial charge in [-0.25, -0.2) is 10.9 Å². The van der Waals surface area contributed by atoms with Crippen LogP contribution in [0.3, 0.4) is 0 Å². The van der Waals surface area contributed by atoms with Crippen molar-refractivity contribution in [3.05, 3.63) is 28.3 Å². The second kappa shape index (κ2) is 8.21. The number of hydrogen-bond acceptors (Lipinski definition) is 8. The first-order valence-electron chi connectivity index (χ1n) is 5.67. The van der Waals surface area contributed by atoms with Crippen LogP contribution in [-0.4, -0.2) is 41.4 Å². The normalized spacial score (nSPS) is 10.2. The molecule has 0 aliphatic carbocycles. The van der Waals surface area contributed by atoms with E-state index in [0.717, 1.165) is 0 Å². The van der Waals surface area contributed by atoms with Gasteiger partial charge < -0.3 is 21.1 Å². The highest BCUT2D eigenvalue weighted by Gasteiger charge is 2.14. The van der Waals surface area contributed by atoms with Crippen LogP contribution in [0.25, 0.3) is 0 Å². The van der Waals surface area contributed by atoms with Gasteiger partial charge in [0.25, 0.3) is 5.69 Å². The molecule has 0 spiro atoms. The lowest BCUT2D eigenvalue weighted by Crippen LogP contribution is -2.26. The fourth-order valence-corrected chi connectivity index (χ4v) is 1.30. The third-order valence-electron chi connectivity index (χ3n) is 2.12. The summed E-state index contributed by atoms with van der Waals surface area (Å²) < 4.78 is 0. The van der Waals surface area contributed by atoms with Gasteiger partial charge in [0.15, 0.2) is 0 Å². The van der Waals surface area contributed by atoms with E-state index >= 15 is 0 Å². The molecule has 1 aromatic rings. The summed E-state index contributed by atoms with van der Waals surface area (Å²) in [6.07, 6.45) is 0. The molecule has 9 nitrogen and oxygen atoms in total. The summed E-state index contributed by atoms with van der Waals surface area (Å²) in [5.41, 5.74) is 11.4. The number of nitro groups is 1. The van der Waals surface area contributed by atoms with Crippen LogP contribution in [0.5, 0.6) is 0 Å². The van der Waals surface area contributed by atoms with E-state index in [-0.39, 0.29) is 25.4 Å². The van der Waals surface area contributed by atoms with E-state index in [1.165, 1.54) is 12.1 Å². The number of hydrogen-bond donors (Lipinski definition) is 6. The molecule has 1 aromatic carbocycles. The molecule has 106 valence electrons. The number of nitrogens with zero attached hydrogens (tertiary/aromatic N) is 1. The summed E-state index contributed by atoms with van der Waals surface area (Å²) in [6, 6.07) is 4.53. The topological polar surface area (TPSA) is 132 Å². The zero-order chi connectivity index (χ0) is 14.1. The van der Waals surface area contributed by atoms with Gasteiger partial charge in [-0.1, -0.05) is 0 Å². The minimum atomic E-state index is -0.514. The van der Waals surface area contributed by atoms with Crippen LogP contribution in [0, 0.1) is 10.1 Å². The van der Waals surface area contributed by atoms with Crippen LogP contribution in [0.2, 0.25) is 0 Å². The van der Waals surface area contributed by atoms with Gasteiger partial charge in [0.2, 0.25) is 0 Å². The summed E-state index contributed by atoms with van der Waals surface area (Å²) in [7, 11) is 0. The van der Waals surface area contributed by atoms with Crippen LogP contribution in [0.1, 0.15) is 0 Å². The number of hydrazine groups is 2. The molecule has 0 atom stereocenters. The highest BCUT2D eigenvalue weighted by atomic mass is 16.6. The van der Waals surface area contributed by atoms with Crippen LogP contribution < -0.4 is 21.7 Å². The van der Waals surface area contributed by atoms with Crippen molar-refractivity contribution in [1.82, 2.24) is 10.9 Å². The molecule has 0 radical (unpaired) electrons. The summed E-state index contributed by atoms with van der Waals surface area (Å²) in [5, 5.41) is 28.2. The first-order chi connectivity index (χ1) is 9.19. The van der Waals surface area contributed by atoms with Crippen LogP contribution >= 0.6 is 0 Å². The smallest absolute Gasteiger partial charge is 0.295 e. The number of nitro benzene ring substituents is 1. The van der Waals surface area contributed by atoms with E-state index in [4.69, 9.17) is 10.2 Å². The minimum Gasteiger partial charge on any atom is -0.395 e. The first kappa shape index (κ1) is 15.1. The van der Waals surface area contributed by atoms with Crippen molar-refractivity contribution in [3.8, 4) is 0 Å². The third-order valence-corrected chi connectivity index (χ3v) is 2.12. The molecule has 9 heteroatoms. The number of anilines is 2. The van der Waals surface area contributed by atoms with E-state index in [1.54, 1.807) is 6.07 Å². The molecule has 19 heavy (non-hydrogen) atoms. The molecule has 0 unspecified atom stereocenters. The van der Waals surface area contributed by atoms with Crippen molar-refractivity contribution in [1.29, 1.82) is 0 Å². The number of aliphatic hydroxyl groups excluding tert-OH is 2. The fraction of sp³-hybridized carbons (Fsp3) is 0.400. The van der Waals surface area contributed by atoms with Gasteiger partial charge in [-0.2, -0.15) is 0 Å². The maximum atomic E-state index is 10.9. The molecule has 0 heterocycles. The predicted molar refractivity (Wildman–Crippen MR) is 70.5 cm³/mol. The molecule has 0 saturated carbocycles. The molecule has 0 aromatic heterocycles. The zero-order valence-electron chi connectivity index (χ0n) is 10.2.